The second-order valence-electron chi connectivity index (χ2n) is 4.53. The molecular formula is C12H15ClF2N2O. The molecule has 100 valence electrons. The van der Waals surface area contributed by atoms with Gasteiger partial charge in [-0.3, -0.25) is 4.79 Å². The normalized spacial score (nSPS) is 16.4. The molecule has 0 saturated heterocycles. The first-order chi connectivity index (χ1) is 8.00. The molecule has 1 aliphatic carbocycles. The number of nitrogens with one attached hydrogen (secondary N) is 1. The van der Waals surface area contributed by atoms with Crippen molar-refractivity contribution in [2.24, 2.45) is 5.73 Å². The van der Waals surface area contributed by atoms with E-state index in [1.165, 1.54) is 6.07 Å². The number of halogens is 3. The molecular weight excluding hydrogens is 262 g/mol. The highest BCUT2D eigenvalue weighted by atomic mass is 35.5. The Morgan fingerprint density at radius 3 is 2.50 bits per heavy atom. The molecule has 1 amide bonds. The summed E-state index contributed by atoms with van der Waals surface area (Å²) in [6.45, 7) is 0.366. The van der Waals surface area contributed by atoms with E-state index in [1.807, 2.05) is 0 Å². The zero-order valence-corrected chi connectivity index (χ0v) is 10.5. The number of carbonyl (C=O) groups excluding carboxylic acids is 1. The van der Waals surface area contributed by atoms with Crippen LogP contribution in [-0.2, 0) is 0 Å². The SMILES string of the molecule is Cl.NC1(CNC(=O)c2ccc(F)c(F)c2)CCC1. The molecule has 0 bridgehead atoms. The van der Waals surface area contributed by atoms with Gasteiger partial charge in [0, 0.05) is 17.6 Å². The van der Waals surface area contributed by atoms with E-state index >= 15 is 0 Å². The smallest absolute Gasteiger partial charge is 0.251 e. The Bertz CT molecular complexity index is 450. The summed E-state index contributed by atoms with van der Waals surface area (Å²) < 4.78 is 25.6. The van der Waals surface area contributed by atoms with Crippen LogP contribution in [0.15, 0.2) is 18.2 Å². The van der Waals surface area contributed by atoms with Crippen molar-refractivity contribution >= 4 is 18.3 Å². The molecule has 1 aromatic carbocycles. The average Bonchev–Trinajstić information content (AvgIpc) is 2.27. The number of nitrogens with two attached hydrogens (primary N) is 1. The summed E-state index contributed by atoms with van der Waals surface area (Å²) in [6.07, 6.45) is 2.83. The van der Waals surface area contributed by atoms with Gasteiger partial charge in [-0.05, 0) is 37.5 Å². The standard InChI is InChI=1S/C12H14F2N2O.ClH/c13-9-3-2-8(6-10(9)14)11(17)16-7-12(15)4-1-5-12;/h2-3,6H,1,4-5,7,15H2,(H,16,17);1H. The van der Waals surface area contributed by atoms with Gasteiger partial charge in [-0.1, -0.05) is 0 Å². The first-order valence-electron chi connectivity index (χ1n) is 5.52. The van der Waals surface area contributed by atoms with Crippen molar-refractivity contribution in [1.29, 1.82) is 0 Å². The van der Waals surface area contributed by atoms with Crippen LogP contribution in [0.25, 0.3) is 0 Å². The lowest BCUT2D eigenvalue weighted by Crippen LogP contribution is -2.54. The van der Waals surface area contributed by atoms with Gasteiger partial charge < -0.3 is 11.1 Å². The van der Waals surface area contributed by atoms with Gasteiger partial charge in [0.1, 0.15) is 0 Å². The summed E-state index contributed by atoms with van der Waals surface area (Å²) in [5.74, 6) is -2.42. The minimum Gasteiger partial charge on any atom is -0.350 e. The lowest BCUT2D eigenvalue weighted by Gasteiger charge is -2.38. The van der Waals surface area contributed by atoms with E-state index in [9.17, 15) is 13.6 Å². The maximum atomic E-state index is 12.9. The third-order valence-electron chi connectivity index (χ3n) is 3.13. The van der Waals surface area contributed by atoms with E-state index in [4.69, 9.17) is 5.73 Å². The highest BCUT2D eigenvalue weighted by Gasteiger charge is 2.32. The molecule has 1 saturated carbocycles. The number of amides is 1. The molecule has 0 aromatic heterocycles. The Kier molecular flexibility index (Phi) is 4.65. The minimum atomic E-state index is -1.02. The van der Waals surface area contributed by atoms with Crippen LogP contribution in [0.4, 0.5) is 8.78 Å². The van der Waals surface area contributed by atoms with Crippen LogP contribution in [0.1, 0.15) is 29.6 Å². The Morgan fingerprint density at radius 2 is 2.00 bits per heavy atom. The first kappa shape index (κ1) is 14.9. The molecule has 2 rings (SSSR count). The highest BCUT2D eigenvalue weighted by Crippen LogP contribution is 2.28. The second-order valence-corrected chi connectivity index (χ2v) is 4.53. The zero-order valence-electron chi connectivity index (χ0n) is 9.71. The van der Waals surface area contributed by atoms with Crippen LogP contribution in [0, 0.1) is 11.6 Å². The van der Waals surface area contributed by atoms with Crippen molar-refractivity contribution < 1.29 is 13.6 Å². The highest BCUT2D eigenvalue weighted by molar-refractivity contribution is 5.94. The van der Waals surface area contributed by atoms with E-state index in [0.717, 1.165) is 31.4 Å². The molecule has 0 heterocycles. The number of rotatable bonds is 3. The molecule has 6 heteroatoms. The largest absolute Gasteiger partial charge is 0.350 e. The Labute approximate surface area is 110 Å². The van der Waals surface area contributed by atoms with E-state index < -0.39 is 17.5 Å². The van der Waals surface area contributed by atoms with E-state index in [2.05, 4.69) is 5.32 Å². The first-order valence-corrected chi connectivity index (χ1v) is 5.52. The fraction of sp³-hybridized carbons (Fsp3) is 0.417. The third kappa shape index (κ3) is 3.17. The molecule has 1 fully saturated rings. The summed E-state index contributed by atoms with van der Waals surface area (Å²) in [4.78, 5) is 11.6. The molecule has 1 aliphatic rings. The topological polar surface area (TPSA) is 55.1 Å². The van der Waals surface area contributed by atoms with Gasteiger partial charge in [0.15, 0.2) is 11.6 Å². The zero-order chi connectivity index (χ0) is 12.5. The van der Waals surface area contributed by atoms with E-state index in [0.29, 0.717) is 6.54 Å². The average molecular weight is 277 g/mol. The number of benzene rings is 1. The fourth-order valence-electron chi connectivity index (χ4n) is 1.80. The number of hydrogen-bond donors (Lipinski definition) is 2. The summed E-state index contributed by atoms with van der Waals surface area (Å²) in [5.41, 5.74) is 5.71. The molecule has 0 aliphatic heterocycles. The third-order valence-corrected chi connectivity index (χ3v) is 3.13. The number of hydrogen-bond acceptors (Lipinski definition) is 2. The van der Waals surface area contributed by atoms with Crippen molar-refractivity contribution in [3.05, 3.63) is 35.4 Å². The quantitative estimate of drug-likeness (QED) is 0.887. The second kappa shape index (κ2) is 5.63. The minimum absolute atomic E-state index is 0. The van der Waals surface area contributed by atoms with Crippen molar-refractivity contribution in [3.8, 4) is 0 Å². The molecule has 0 radical (unpaired) electrons. The van der Waals surface area contributed by atoms with Gasteiger partial charge in [0.05, 0.1) is 0 Å². The van der Waals surface area contributed by atoms with Crippen LogP contribution >= 0.6 is 12.4 Å². The van der Waals surface area contributed by atoms with Gasteiger partial charge in [-0.2, -0.15) is 0 Å². The van der Waals surface area contributed by atoms with Gasteiger partial charge in [-0.15, -0.1) is 12.4 Å². The molecule has 0 spiro atoms. The van der Waals surface area contributed by atoms with E-state index in [-0.39, 0.29) is 23.5 Å². The maximum absolute atomic E-state index is 12.9. The van der Waals surface area contributed by atoms with Crippen LogP contribution in [-0.4, -0.2) is 18.0 Å². The van der Waals surface area contributed by atoms with Crippen LogP contribution in [0.2, 0.25) is 0 Å². The van der Waals surface area contributed by atoms with Gasteiger partial charge in [-0.25, -0.2) is 8.78 Å². The van der Waals surface area contributed by atoms with Crippen molar-refractivity contribution in [2.75, 3.05) is 6.54 Å². The molecule has 18 heavy (non-hydrogen) atoms. The Balaban J connectivity index is 0.00000162. The van der Waals surface area contributed by atoms with Crippen molar-refractivity contribution in [2.45, 2.75) is 24.8 Å². The monoisotopic (exact) mass is 276 g/mol. The number of carbonyl (C=O) groups is 1. The maximum Gasteiger partial charge on any atom is 0.251 e. The predicted molar refractivity (Wildman–Crippen MR) is 66.7 cm³/mol. The lowest BCUT2D eigenvalue weighted by molar-refractivity contribution is 0.0929. The van der Waals surface area contributed by atoms with Crippen LogP contribution in [0.5, 0.6) is 0 Å². The Hall–Kier alpha value is -1.20. The molecule has 1 aromatic rings. The summed E-state index contributed by atoms with van der Waals surface area (Å²) in [7, 11) is 0. The van der Waals surface area contributed by atoms with Gasteiger partial charge >= 0.3 is 0 Å². The van der Waals surface area contributed by atoms with Crippen molar-refractivity contribution in [3.63, 3.8) is 0 Å². The Morgan fingerprint density at radius 1 is 1.33 bits per heavy atom. The van der Waals surface area contributed by atoms with E-state index in [1.54, 1.807) is 0 Å². The molecule has 3 nitrogen and oxygen atoms in total. The molecule has 3 N–H and O–H groups in total. The van der Waals surface area contributed by atoms with Gasteiger partial charge in [0.25, 0.3) is 5.91 Å². The molecule has 0 unspecified atom stereocenters. The molecule has 0 atom stereocenters. The summed E-state index contributed by atoms with van der Waals surface area (Å²) >= 11 is 0. The van der Waals surface area contributed by atoms with Crippen LogP contribution < -0.4 is 11.1 Å². The summed E-state index contributed by atoms with van der Waals surface area (Å²) in [6, 6.07) is 3.07. The predicted octanol–water partition coefficient (Wildman–Crippen LogP) is 2.00. The summed E-state index contributed by atoms with van der Waals surface area (Å²) in [5, 5.41) is 2.64. The van der Waals surface area contributed by atoms with Crippen molar-refractivity contribution in [1.82, 2.24) is 5.32 Å². The van der Waals surface area contributed by atoms with Gasteiger partial charge in [0.2, 0.25) is 0 Å². The van der Waals surface area contributed by atoms with Crippen LogP contribution in [0.3, 0.4) is 0 Å². The fourth-order valence-corrected chi connectivity index (χ4v) is 1.80. The lowest BCUT2D eigenvalue weighted by atomic mass is 9.78.